The van der Waals surface area contributed by atoms with Crippen molar-refractivity contribution in [3.8, 4) is 0 Å². The number of carbonyl (C=O) groups excluding carboxylic acids is 1. The van der Waals surface area contributed by atoms with Crippen LogP contribution in [0, 0.1) is 5.82 Å². The number of rotatable bonds is 3. The van der Waals surface area contributed by atoms with Gasteiger partial charge in [-0.05, 0) is 42.0 Å². The number of ketones is 1. The summed E-state index contributed by atoms with van der Waals surface area (Å²) in [5.74, 6) is -0.477. The van der Waals surface area contributed by atoms with Crippen molar-refractivity contribution < 1.29 is 9.18 Å². The molecule has 0 fully saturated rings. The number of Topliss-reactive ketones (excluding diaryl/α,β-unsaturated/α-hetero) is 1. The summed E-state index contributed by atoms with van der Waals surface area (Å²) in [6.45, 7) is 0. The number of hydrogen-bond acceptors (Lipinski definition) is 1. The van der Waals surface area contributed by atoms with Crippen LogP contribution < -0.4 is 0 Å². The minimum Gasteiger partial charge on any atom is -0.294 e. The van der Waals surface area contributed by atoms with Crippen LogP contribution in [0.1, 0.15) is 15.9 Å². The van der Waals surface area contributed by atoms with Gasteiger partial charge in [0.1, 0.15) is 5.82 Å². The second-order valence-corrected chi connectivity index (χ2v) is 4.69. The minimum atomic E-state index is -0.365. The third kappa shape index (κ3) is 3.09. The first kappa shape index (κ1) is 13.1. The van der Waals surface area contributed by atoms with Crippen LogP contribution in [-0.2, 0) is 6.42 Å². The molecule has 4 heteroatoms. The van der Waals surface area contributed by atoms with E-state index in [1.165, 1.54) is 24.3 Å². The van der Waals surface area contributed by atoms with Gasteiger partial charge in [-0.1, -0.05) is 29.3 Å². The van der Waals surface area contributed by atoms with E-state index in [9.17, 15) is 9.18 Å². The van der Waals surface area contributed by atoms with E-state index in [1.807, 2.05) is 0 Å². The fourth-order valence-electron chi connectivity index (χ4n) is 1.58. The summed E-state index contributed by atoms with van der Waals surface area (Å²) < 4.78 is 12.7. The summed E-state index contributed by atoms with van der Waals surface area (Å²) >= 11 is 11.8. The standard InChI is InChI=1S/C14H9Cl2FO/c15-11-4-1-10(13(16)8-11)7-14(18)9-2-5-12(17)6-3-9/h1-6,8H,7H2. The number of hydrogen-bond donors (Lipinski definition) is 0. The first-order valence-electron chi connectivity index (χ1n) is 5.29. The van der Waals surface area contributed by atoms with Crippen molar-refractivity contribution in [2.24, 2.45) is 0 Å². The molecule has 0 saturated carbocycles. The van der Waals surface area contributed by atoms with Gasteiger partial charge in [0.05, 0.1) is 0 Å². The summed E-state index contributed by atoms with van der Waals surface area (Å²) in [6, 6.07) is 10.4. The van der Waals surface area contributed by atoms with E-state index in [4.69, 9.17) is 23.2 Å². The highest BCUT2D eigenvalue weighted by molar-refractivity contribution is 6.35. The number of halogens is 3. The summed E-state index contributed by atoms with van der Waals surface area (Å²) in [5, 5.41) is 0.982. The molecule has 1 nitrogen and oxygen atoms in total. The van der Waals surface area contributed by atoms with E-state index in [2.05, 4.69) is 0 Å². The molecule has 0 spiro atoms. The monoisotopic (exact) mass is 282 g/mol. The van der Waals surface area contributed by atoms with Gasteiger partial charge in [-0.25, -0.2) is 4.39 Å². The Balaban J connectivity index is 2.18. The SMILES string of the molecule is O=C(Cc1ccc(Cl)cc1Cl)c1ccc(F)cc1. The smallest absolute Gasteiger partial charge is 0.167 e. The molecule has 0 aliphatic carbocycles. The summed E-state index contributed by atoms with van der Waals surface area (Å²) in [6.07, 6.45) is 0.168. The van der Waals surface area contributed by atoms with Gasteiger partial charge >= 0.3 is 0 Å². The Hall–Kier alpha value is -1.38. The fourth-order valence-corrected chi connectivity index (χ4v) is 2.05. The van der Waals surface area contributed by atoms with E-state index in [0.29, 0.717) is 21.2 Å². The molecule has 0 radical (unpaired) electrons. The first-order valence-corrected chi connectivity index (χ1v) is 6.04. The maximum absolute atomic E-state index is 12.7. The van der Waals surface area contributed by atoms with Crippen molar-refractivity contribution in [3.63, 3.8) is 0 Å². The predicted molar refractivity (Wildman–Crippen MR) is 70.9 cm³/mol. The van der Waals surface area contributed by atoms with Crippen molar-refractivity contribution in [1.82, 2.24) is 0 Å². The Kier molecular flexibility index (Phi) is 4.00. The fraction of sp³-hybridized carbons (Fsp3) is 0.0714. The molecule has 0 atom stereocenters. The second-order valence-electron chi connectivity index (χ2n) is 3.84. The van der Waals surface area contributed by atoms with E-state index >= 15 is 0 Å². The Morgan fingerprint density at radius 3 is 2.33 bits per heavy atom. The van der Waals surface area contributed by atoms with Gasteiger partial charge in [-0.15, -0.1) is 0 Å². The molecule has 0 amide bonds. The highest BCUT2D eigenvalue weighted by Gasteiger charge is 2.10. The molecule has 2 aromatic rings. The zero-order chi connectivity index (χ0) is 13.1. The lowest BCUT2D eigenvalue weighted by Gasteiger charge is -2.04. The molecule has 0 aliphatic rings. The van der Waals surface area contributed by atoms with E-state index in [1.54, 1.807) is 18.2 Å². The van der Waals surface area contributed by atoms with Crippen LogP contribution in [0.2, 0.25) is 10.0 Å². The van der Waals surface area contributed by atoms with Gasteiger partial charge in [-0.3, -0.25) is 4.79 Å². The predicted octanol–water partition coefficient (Wildman–Crippen LogP) is 4.56. The maximum atomic E-state index is 12.7. The van der Waals surface area contributed by atoms with Gasteiger partial charge in [0, 0.05) is 22.0 Å². The van der Waals surface area contributed by atoms with Crippen molar-refractivity contribution in [2.45, 2.75) is 6.42 Å². The summed E-state index contributed by atoms with van der Waals surface area (Å²) in [7, 11) is 0. The van der Waals surface area contributed by atoms with Crippen molar-refractivity contribution in [1.29, 1.82) is 0 Å². The molecule has 0 unspecified atom stereocenters. The van der Waals surface area contributed by atoms with Crippen molar-refractivity contribution >= 4 is 29.0 Å². The van der Waals surface area contributed by atoms with Crippen LogP contribution >= 0.6 is 23.2 Å². The summed E-state index contributed by atoms with van der Waals surface area (Å²) in [5.41, 5.74) is 1.16. The van der Waals surface area contributed by atoms with Crippen LogP contribution in [0.15, 0.2) is 42.5 Å². The molecule has 0 N–H and O–H groups in total. The number of carbonyl (C=O) groups is 1. The molecule has 0 bridgehead atoms. The molecule has 0 aliphatic heterocycles. The minimum absolute atomic E-state index is 0.112. The van der Waals surface area contributed by atoms with Crippen LogP contribution in [0.25, 0.3) is 0 Å². The highest BCUT2D eigenvalue weighted by Crippen LogP contribution is 2.22. The molecule has 0 aromatic heterocycles. The topological polar surface area (TPSA) is 17.1 Å². The second kappa shape index (κ2) is 5.51. The highest BCUT2D eigenvalue weighted by atomic mass is 35.5. The molecule has 92 valence electrons. The lowest BCUT2D eigenvalue weighted by molar-refractivity contribution is 0.0993. The van der Waals surface area contributed by atoms with E-state index in [-0.39, 0.29) is 18.0 Å². The molecular weight excluding hydrogens is 274 g/mol. The average molecular weight is 283 g/mol. The van der Waals surface area contributed by atoms with Gasteiger partial charge in [0.15, 0.2) is 5.78 Å². The van der Waals surface area contributed by atoms with Crippen LogP contribution in [0.4, 0.5) is 4.39 Å². The Morgan fingerprint density at radius 2 is 1.72 bits per heavy atom. The lowest BCUT2D eigenvalue weighted by Crippen LogP contribution is -2.04. The zero-order valence-electron chi connectivity index (χ0n) is 9.29. The Morgan fingerprint density at radius 1 is 1.06 bits per heavy atom. The Labute approximate surface area is 114 Å². The van der Waals surface area contributed by atoms with Crippen molar-refractivity contribution in [2.75, 3.05) is 0 Å². The molecule has 18 heavy (non-hydrogen) atoms. The van der Waals surface area contributed by atoms with Crippen molar-refractivity contribution in [3.05, 3.63) is 69.5 Å². The lowest BCUT2D eigenvalue weighted by atomic mass is 10.0. The Bertz CT molecular complexity index is 579. The number of benzene rings is 2. The van der Waals surface area contributed by atoms with Crippen LogP contribution in [-0.4, -0.2) is 5.78 Å². The summed E-state index contributed by atoms with van der Waals surface area (Å²) in [4.78, 5) is 11.9. The molecule has 0 saturated heterocycles. The molecule has 0 heterocycles. The van der Waals surface area contributed by atoms with Gasteiger partial charge < -0.3 is 0 Å². The maximum Gasteiger partial charge on any atom is 0.167 e. The van der Waals surface area contributed by atoms with E-state index < -0.39 is 0 Å². The van der Waals surface area contributed by atoms with Gasteiger partial charge in [0.25, 0.3) is 0 Å². The largest absolute Gasteiger partial charge is 0.294 e. The average Bonchev–Trinajstić information content (AvgIpc) is 2.33. The van der Waals surface area contributed by atoms with Gasteiger partial charge in [0.2, 0.25) is 0 Å². The van der Waals surface area contributed by atoms with Crippen LogP contribution in [0.3, 0.4) is 0 Å². The first-order chi connectivity index (χ1) is 8.56. The van der Waals surface area contributed by atoms with Crippen LogP contribution in [0.5, 0.6) is 0 Å². The third-order valence-electron chi connectivity index (χ3n) is 2.53. The zero-order valence-corrected chi connectivity index (χ0v) is 10.8. The molecule has 2 aromatic carbocycles. The quantitative estimate of drug-likeness (QED) is 0.755. The molecule has 2 rings (SSSR count). The third-order valence-corrected chi connectivity index (χ3v) is 3.12. The normalized spacial score (nSPS) is 10.4. The molecular formula is C14H9Cl2FO. The van der Waals surface area contributed by atoms with E-state index in [0.717, 1.165) is 0 Å². The van der Waals surface area contributed by atoms with Gasteiger partial charge in [-0.2, -0.15) is 0 Å².